The summed E-state index contributed by atoms with van der Waals surface area (Å²) in [5.74, 6) is 0.901. The second-order valence-corrected chi connectivity index (χ2v) is 11.4. The van der Waals surface area contributed by atoms with Crippen LogP contribution in [0.4, 0.5) is 17.5 Å². The van der Waals surface area contributed by atoms with Crippen LogP contribution in [0.25, 0.3) is 11.3 Å². The Morgan fingerprint density at radius 1 is 1.10 bits per heavy atom. The Kier molecular flexibility index (Phi) is 8.68. The molecule has 220 valence electrons. The van der Waals surface area contributed by atoms with E-state index in [1.807, 2.05) is 31.2 Å². The van der Waals surface area contributed by atoms with Gasteiger partial charge in [0.25, 0.3) is 5.91 Å². The maximum absolute atomic E-state index is 13.2. The van der Waals surface area contributed by atoms with Gasteiger partial charge in [-0.15, -0.1) is 0 Å². The standard InChI is InChI=1S/C31H37N7O4/c1-21-4-5-23(34-28(40)22-6-9-33-26(16-22)30(2,3)19-32)17-24(21)25-18-27(38-10-14-42-15-11-38)36-29(35-25)37-31(20-39)7-12-41-13-8-31/h4-6,9,16-18,39H,7-8,10-15,20H2,1-3H3,(H,34,40)(H,35,36,37). The van der Waals surface area contributed by atoms with Crippen LogP contribution in [0.1, 0.15) is 48.3 Å². The van der Waals surface area contributed by atoms with Crippen molar-refractivity contribution in [2.45, 2.75) is 44.6 Å². The molecule has 2 aromatic heterocycles. The quantitative estimate of drug-likeness (QED) is 0.366. The second-order valence-electron chi connectivity index (χ2n) is 11.4. The number of benzene rings is 1. The fourth-order valence-corrected chi connectivity index (χ4v) is 5.05. The zero-order chi connectivity index (χ0) is 29.7. The highest BCUT2D eigenvalue weighted by Crippen LogP contribution is 2.31. The molecule has 0 radical (unpaired) electrons. The molecule has 3 aromatic rings. The molecule has 2 aliphatic heterocycles. The SMILES string of the molecule is Cc1ccc(NC(=O)c2ccnc(C(C)(C)C#N)c2)cc1-c1cc(N2CCOCC2)nc(NC2(CO)CCOCC2)n1. The number of aromatic nitrogens is 3. The summed E-state index contributed by atoms with van der Waals surface area (Å²) in [6.45, 7) is 9.23. The molecular weight excluding hydrogens is 534 g/mol. The van der Waals surface area contributed by atoms with E-state index >= 15 is 0 Å². The number of hydrogen-bond acceptors (Lipinski definition) is 10. The van der Waals surface area contributed by atoms with Crippen molar-refractivity contribution in [1.82, 2.24) is 15.0 Å². The van der Waals surface area contributed by atoms with Crippen LogP contribution in [0.15, 0.2) is 42.6 Å². The lowest BCUT2D eigenvalue weighted by atomic mass is 9.90. The van der Waals surface area contributed by atoms with Crippen molar-refractivity contribution in [2.75, 3.05) is 61.7 Å². The Balaban J connectivity index is 1.47. The average molecular weight is 572 g/mol. The molecule has 11 nitrogen and oxygen atoms in total. The summed E-state index contributed by atoms with van der Waals surface area (Å²) in [5.41, 5.74) is 2.70. The number of aliphatic hydroxyl groups is 1. The van der Waals surface area contributed by atoms with Gasteiger partial charge in [0.05, 0.1) is 48.2 Å². The normalized spacial score (nSPS) is 16.9. The largest absolute Gasteiger partial charge is 0.394 e. The number of morpholine rings is 1. The van der Waals surface area contributed by atoms with Crippen LogP contribution in [-0.4, -0.2) is 77.6 Å². The Bertz CT molecular complexity index is 1470. The smallest absolute Gasteiger partial charge is 0.255 e. The lowest BCUT2D eigenvalue weighted by molar-refractivity contribution is 0.0377. The van der Waals surface area contributed by atoms with E-state index in [0.717, 1.165) is 16.9 Å². The maximum atomic E-state index is 13.2. The Morgan fingerprint density at radius 2 is 1.83 bits per heavy atom. The number of carbonyl (C=O) groups is 1. The molecule has 11 heteroatoms. The van der Waals surface area contributed by atoms with Gasteiger partial charge in [-0.1, -0.05) is 6.07 Å². The molecule has 0 spiro atoms. The number of aliphatic hydroxyl groups excluding tert-OH is 1. The van der Waals surface area contributed by atoms with Crippen LogP contribution in [0.3, 0.4) is 0 Å². The first-order valence-electron chi connectivity index (χ1n) is 14.2. The highest BCUT2D eigenvalue weighted by Gasteiger charge is 2.33. The fraction of sp³-hybridized carbons (Fsp3) is 0.452. The summed E-state index contributed by atoms with van der Waals surface area (Å²) in [4.78, 5) is 29.4. The molecule has 5 rings (SSSR count). The molecule has 0 unspecified atom stereocenters. The van der Waals surface area contributed by atoms with Crippen LogP contribution in [0, 0.1) is 18.3 Å². The Morgan fingerprint density at radius 3 is 2.55 bits per heavy atom. The first-order chi connectivity index (χ1) is 20.2. The van der Waals surface area contributed by atoms with Crippen LogP contribution in [0.2, 0.25) is 0 Å². The molecule has 0 atom stereocenters. The molecule has 42 heavy (non-hydrogen) atoms. The second kappa shape index (κ2) is 12.4. The minimum atomic E-state index is -0.816. The predicted octanol–water partition coefficient (Wildman–Crippen LogP) is 3.69. The third-order valence-corrected chi connectivity index (χ3v) is 7.89. The number of aryl methyl sites for hydroxylation is 1. The van der Waals surface area contributed by atoms with E-state index in [-0.39, 0.29) is 12.5 Å². The van der Waals surface area contributed by atoms with Crippen molar-refractivity contribution in [2.24, 2.45) is 0 Å². The summed E-state index contributed by atoms with van der Waals surface area (Å²) in [6, 6.07) is 13.2. The molecule has 2 saturated heterocycles. The van der Waals surface area contributed by atoms with Crippen LogP contribution in [0.5, 0.6) is 0 Å². The van der Waals surface area contributed by atoms with E-state index in [2.05, 4.69) is 26.6 Å². The highest BCUT2D eigenvalue weighted by atomic mass is 16.5. The van der Waals surface area contributed by atoms with E-state index < -0.39 is 11.0 Å². The first kappa shape index (κ1) is 29.4. The van der Waals surface area contributed by atoms with Gasteiger partial charge in [0.15, 0.2) is 0 Å². The van der Waals surface area contributed by atoms with Crippen LogP contribution < -0.4 is 15.5 Å². The van der Waals surface area contributed by atoms with Gasteiger partial charge >= 0.3 is 0 Å². The summed E-state index contributed by atoms with van der Waals surface area (Å²) < 4.78 is 11.1. The molecule has 0 saturated carbocycles. The van der Waals surface area contributed by atoms with E-state index in [1.165, 1.54) is 0 Å². The summed E-state index contributed by atoms with van der Waals surface area (Å²) >= 11 is 0. The third kappa shape index (κ3) is 6.51. The first-order valence-corrected chi connectivity index (χ1v) is 14.2. The molecule has 4 heterocycles. The lowest BCUT2D eigenvalue weighted by Crippen LogP contribution is -2.47. The zero-order valence-corrected chi connectivity index (χ0v) is 24.3. The molecule has 3 N–H and O–H groups in total. The number of amides is 1. The van der Waals surface area contributed by atoms with Crippen molar-refractivity contribution >= 4 is 23.4 Å². The van der Waals surface area contributed by atoms with Gasteiger partial charge in [-0.05, 0) is 63.4 Å². The molecule has 0 aliphatic carbocycles. The minimum Gasteiger partial charge on any atom is -0.394 e. The van der Waals surface area contributed by atoms with E-state index in [9.17, 15) is 15.2 Å². The van der Waals surface area contributed by atoms with Crippen molar-refractivity contribution < 1.29 is 19.4 Å². The van der Waals surface area contributed by atoms with Crippen LogP contribution in [-0.2, 0) is 14.9 Å². The van der Waals surface area contributed by atoms with Gasteiger partial charge in [0, 0.05) is 55.4 Å². The molecule has 2 aliphatic rings. The number of anilines is 3. The number of carbonyl (C=O) groups excluding carboxylic acids is 1. The number of pyridine rings is 1. The number of ether oxygens (including phenoxy) is 2. The lowest BCUT2D eigenvalue weighted by Gasteiger charge is -2.36. The average Bonchev–Trinajstić information content (AvgIpc) is 3.02. The monoisotopic (exact) mass is 571 g/mol. The third-order valence-electron chi connectivity index (χ3n) is 7.89. The number of nitrogens with zero attached hydrogens (tertiary/aromatic N) is 5. The number of rotatable bonds is 8. The molecule has 1 amide bonds. The molecule has 0 bridgehead atoms. The minimum absolute atomic E-state index is 0.0559. The summed E-state index contributed by atoms with van der Waals surface area (Å²) in [7, 11) is 0. The van der Waals surface area contributed by atoms with Gasteiger partial charge in [-0.25, -0.2) is 4.98 Å². The zero-order valence-electron chi connectivity index (χ0n) is 24.3. The summed E-state index contributed by atoms with van der Waals surface area (Å²) in [5, 5.41) is 26.2. The van der Waals surface area contributed by atoms with Crippen molar-refractivity contribution in [3.8, 4) is 17.3 Å². The van der Waals surface area contributed by atoms with E-state index in [4.69, 9.17) is 19.4 Å². The van der Waals surface area contributed by atoms with Gasteiger partial charge in [-0.2, -0.15) is 10.2 Å². The number of nitriles is 1. The Hall–Kier alpha value is -4.11. The van der Waals surface area contributed by atoms with Crippen LogP contribution >= 0.6 is 0 Å². The number of nitrogens with one attached hydrogen (secondary N) is 2. The van der Waals surface area contributed by atoms with Gasteiger partial charge < -0.3 is 30.1 Å². The predicted molar refractivity (Wildman–Crippen MR) is 160 cm³/mol. The Labute approximate surface area is 245 Å². The molecular formula is C31H37N7O4. The number of hydrogen-bond donors (Lipinski definition) is 3. The van der Waals surface area contributed by atoms with Gasteiger partial charge in [0.1, 0.15) is 5.82 Å². The highest BCUT2D eigenvalue weighted by molar-refractivity contribution is 6.04. The van der Waals surface area contributed by atoms with E-state index in [0.29, 0.717) is 80.9 Å². The molecule has 2 fully saturated rings. The molecule has 1 aromatic carbocycles. The van der Waals surface area contributed by atoms with Crippen molar-refractivity contribution in [1.29, 1.82) is 5.26 Å². The summed E-state index contributed by atoms with van der Waals surface area (Å²) in [6.07, 6.45) is 2.84. The van der Waals surface area contributed by atoms with Gasteiger partial charge in [0.2, 0.25) is 5.95 Å². The maximum Gasteiger partial charge on any atom is 0.255 e. The van der Waals surface area contributed by atoms with Gasteiger partial charge in [-0.3, -0.25) is 9.78 Å². The van der Waals surface area contributed by atoms with Crippen molar-refractivity contribution in [3.63, 3.8) is 0 Å². The van der Waals surface area contributed by atoms with Crippen molar-refractivity contribution in [3.05, 3.63) is 59.4 Å². The fourth-order valence-electron chi connectivity index (χ4n) is 5.05. The topological polar surface area (TPSA) is 146 Å². The van der Waals surface area contributed by atoms with E-state index in [1.54, 1.807) is 32.2 Å².